The molecular formula is C16H20O8. The van der Waals surface area contributed by atoms with E-state index in [9.17, 15) is 24.0 Å². The Labute approximate surface area is 138 Å². The molecule has 0 aliphatic heterocycles. The molecule has 24 heavy (non-hydrogen) atoms. The highest BCUT2D eigenvalue weighted by atomic mass is 16.5. The number of ether oxygens (including phenoxy) is 3. The Bertz CT molecular complexity index is 568. The van der Waals surface area contributed by atoms with Crippen LogP contribution in [-0.2, 0) is 38.2 Å². The third-order valence-electron chi connectivity index (χ3n) is 5.14. The molecule has 4 atom stereocenters. The van der Waals surface area contributed by atoms with Crippen LogP contribution in [0.4, 0.5) is 0 Å². The Kier molecular flexibility index (Phi) is 5.36. The second-order valence-corrected chi connectivity index (χ2v) is 6.07. The lowest BCUT2D eigenvalue weighted by molar-refractivity contribution is -0.177. The van der Waals surface area contributed by atoms with Gasteiger partial charge in [-0.2, -0.15) is 0 Å². The van der Waals surface area contributed by atoms with E-state index in [0.29, 0.717) is 0 Å². The minimum absolute atomic E-state index is 0.0141. The van der Waals surface area contributed by atoms with Crippen LogP contribution < -0.4 is 0 Å². The summed E-state index contributed by atoms with van der Waals surface area (Å²) in [6.45, 7) is 0.0368. The molecule has 8 nitrogen and oxygen atoms in total. The van der Waals surface area contributed by atoms with Gasteiger partial charge in [0.2, 0.25) is 0 Å². The van der Waals surface area contributed by atoms with Crippen molar-refractivity contribution >= 4 is 30.0 Å². The Balaban J connectivity index is 2.64. The normalized spacial score (nSPS) is 32.5. The van der Waals surface area contributed by atoms with Crippen LogP contribution in [0.5, 0.6) is 0 Å². The molecule has 132 valence electrons. The second kappa shape index (κ2) is 7.11. The van der Waals surface area contributed by atoms with Gasteiger partial charge in [-0.15, -0.1) is 0 Å². The Hall–Kier alpha value is -2.25. The fraction of sp³-hybridized carbons (Fsp3) is 0.688. The van der Waals surface area contributed by atoms with E-state index in [4.69, 9.17) is 14.2 Å². The van der Waals surface area contributed by atoms with Crippen molar-refractivity contribution in [3.63, 3.8) is 0 Å². The maximum Gasteiger partial charge on any atom is 0.321 e. The fourth-order valence-corrected chi connectivity index (χ4v) is 4.15. The summed E-state index contributed by atoms with van der Waals surface area (Å²) < 4.78 is 14.4. The summed E-state index contributed by atoms with van der Waals surface area (Å²) in [5, 5.41) is 0. The van der Waals surface area contributed by atoms with E-state index in [1.807, 2.05) is 0 Å². The van der Waals surface area contributed by atoms with Gasteiger partial charge in [-0.1, -0.05) is 0 Å². The lowest BCUT2D eigenvalue weighted by Gasteiger charge is -2.37. The zero-order valence-electron chi connectivity index (χ0n) is 13.6. The second-order valence-electron chi connectivity index (χ2n) is 6.07. The van der Waals surface area contributed by atoms with E-state index in [1.165, 1.54) is 0 Å². The number of esters is 2. The molecule has 0 radical (unpaired) electrons. The number of hydrogen-bond donors (Lipinski definition) is 0. The van der Waals surface area contributed by atoms with Crippen molar-refractivity contribution in [1.29, 1.82) is 0 Å². The third-order valence-corrected chi connectivity index (χ3v) is 5.14. The van der Waals surface area contributed by atoms with E-state index in [2.05, 4.69) is 0 Å². The predicted molar refractivity (Wildman–Crippen MR) is 77.4 cm³/mol. The highest BCUT2D eigenvalue weighted by Crippen LogP contribution is 2.53. The average molecular weight is 340 g/mol. The minimum Gasteiger partial charge on any atom is -0.469 e. The highest BCUT2D eigenvalue weighted by Gasteiger charge is 2.68. The van der Waals surface area contributed by atoms with Gasteiger partial charge in [-0.3, -0.25) is 24.0 Å². The van der Waals surface area contributed by atoms with E-state index in [0.717, 1.165) is 14.2 Å². The van der Waals surface area contributed by atoms with Gasteiger partial charge in [0.1, 0.15) is 11.2 Å². The van der Waals surface area contributed by atoms with Crippen molar-refractivity contribution in [1.82, 2.24) is 0 Å². The lowest BCUT2D eigenvalue weighted by Crippen LogP contribution is -2.54. The number of rotatable bonds is 5. The van der Waals surface area contributed by atoms with Crippen LogP contribution in [0.1, 0.15) is 25.7 Å². The summed E-state index contributed by atoms with van der Waals surface area (Å²) in [6, 6.07) is 0. The molecule has 0 aromatic carbocycles. The van der Waals surface area contributed by atoms with Gasteiger partial charge in [-0.25, -0.2) is 0 Å². The van der Waals surface area contributed by atoms with E-state index in [-0.39, 0.29) is 44.5 Å². The lowest BCUT2D eigenvalue weighted by atomic mass is 9.63. The van der Waals surface area contributed by atoms with Gasteiger partial charge in [0.15, 0.2) is 5.78 Å². The summed E-state index contributed by atoms with van der Waals surface area (Å²) >= 11 is 0. The zero-order valence-corrected chi connectivity index (χ0v) is 13.6. The first kappa shape index (κ1) is 18.1. The molecular weight excluding hydrogens is 320 g/mol. The van der Waals surface area contributed by atoms with Crippen molar-refractivity contribution in [3.8, 4) is 0 Å². The topological polar surface area (TPSA) is 113 Å². The molecule has 2 fully saturated rings. The van der Waals surface area contributed by atoms with Crippen molar-refractivity contribution in [2.75, 3.05) is 20.8 Å². The largest absolute Gasteiger partial charge is 0.469 e. The van der Waals surface area contributed by atoms with E-state index >= 15 is 0 Å². The number of carbonyl (C=O) groups is 5. The van der Waals surface area contributed by atoms with Gasteiger partial charge in [0.05, 0.1) is 26.7 Å². The SMILES string of the molecule is COC(=O)[C@H]1[C@H](COC=O)CCC(=O)[C@@H]2CCC(=O)[C@@]21C(=O)OC. The molecule has 8 heteroatoms. The first-order valence-corrected chi connectivity index (χ1v) is 7.72. The van der Waals surface area contributed by atoms with Gasteiger partial charge in [0, 0.05) is 24.7 Å². The standard InChI is InChI=1S/C16H20O8/c1-22-14(20)13-9(7-24-8-17)3-5-11(18)10-4-6-12(19)16(10,13)15(21)23-2/h8-10,13H,3-7H2,1-2H3/t9-,10-,13+,16-/m0/s1. The van der Waals surface area contributed by atoms with Crippen LogP contribution in [-0.4, -0.2) is 50.8 Å². The molecule has 0 bridgehead atoms. The van der Waals surface area contributed by atoms with E-state index in [1.54, 1.807) is 0 Å². The summed E-state index contributed by atoms with van der Waals surface area (Å²) in [5.41, 5.74) is -1.90. The third kappa shape index (κ3) is 2.59. The van der Waals surface area contributed by atoms with Crippen LogP contribution >= 0.6 is 0 Å². The Morgan fingerprint density at radius 2 is 1.88 bits per heavy atom. The maximum atomic E-state index is 12.7. The predicted octanol–water partition coefficient (Wildman–Crippen LogP) is 0.0662. The monoisotopic (exact) mass is 340 g/mol. The molecule has 0 N–H and O–H groups in total. The first-order valence-electron chi connectivity index (χ1n) is 7.72. The van der Waals surface area contributed by atoms with Gasteiger partial charge >= 0.3 is 11.9 Å². The minimum atomic E-state index is -1.90. The molecule has 2 saturated carbocycles. The van der Waals surface area contributed by atoms with Crippen molar-refractivity contribution in [3.05, 3.63) is 0 Å². The maximum absolute atomic E-state index is 12.7. The first-order chi connectivity index (χ1) is 11.4. The Morgan fingerprint density at radius 3 is 2.46 bits per heavy atom. The quantitative estimate of drug-likeness (QED) is 0.299. The number of methoxy groups -OCH3 is 2. The number of Topliss-reactive ketones (excluding diaryl/α,β-unsaturated/α-hetero) is 2. The van der Waals surface area contributed by atoms with Crippen molar-refractivity contribution < 1.29 is 38.2 Å². The van der Waals surface area contributed by atoms with Crippen LogP contribution in [0.25, 0.3) is 0 Å². The van der Waals surface area contributed by atoms with Crippen LogP contribution in [0.15, 0.2) is 0 Å². The summed E-state index contributed by atoms with van der Waals surface area (Å²) in [4.78, 5) is 60.9. The number of ketones is 2. The number of fused-ring (bicyclic) bond motifs is 1. The molecule has 0 saturated heterocycles. The highest BCUT2D eigenvalue weighted by molar-refractivity contribution is 6.13. The van der Waals surface area contributed by atoms with Gasteiger partial charge in [-0.05, 0) is 12.8 Å². The summed E-state index contributed by atoms with van der Waals surface area (Å²) in [7, 11) is 2.26. The number of hydrogen-bond acceptors (Lipinski definition) is 8. The molecule has 2 aliphatic carbocycles. The number of carbonyl (C=O) groups excluding carboxylic acids is 5. The van der Waals surface area contributed by atoms with Crippen molar-refractivity contribution in [2.24, 2.45) is 23.2 Å². The molecule has 2 aliphatic rings. The zero-order chi connectivity index (χ0) is 17.9. The Morgan fingerprint density at radius 1 is 1.17 bits per heavy atom. The van der Waals surface area contributed by atoms with Gasteiger partial charge < -0.3 is 14.2 Å². The molecule has 2 rings (SSSR count). The van der Waals surface area contributed by atoms with Crippen LogP contribution in [0.2, 0.25) is 0 Å². The van der Waals surface area contributed by atoms with Crippen LogP contribution in [0.3, 0.4) is 0 Å². The smallest absolute Gasteiger partial charge is 0.321 e. The molecule has 0 spiro atoms. The summed E-state index contributed by atoms with van der Waals surface area (Å²) in [5.74, 6) is -5.26. The van der Waals surface area contributed by atoms with Crippen LogP contribution in [0, 0.1) is 23.2 Å². The molecule has 0 heterocycles. The summed E-state index contributed by atoms with van der Waals surface area (Å²) in [6.07, 6.45) is 0.522. The molecule has 0 amide bonds. The van der Waals surface area contributed by atoms with Crippen molar-refractivity contribution in [2.45, 2.75) is 25.7 Å². The molecule has 0 aromatic heterocycles. The van der Waals surface area contributed by atoms with Gasteiger partial charge in [0.25, 0.3) is 6.47 Å². The van der Waals surface area contributed by atoms with E-state index < -0.39 is 40.9 Å². The average Bonchev–Trinajstić information content (AvgIpc) is 2.87. The molecule has 0 unspecified atom stereocenters. The molecule has 0 aromatic rings. The fourth-order valence-electron chi connectivity index (χ4n) is 4.15.